The standard InChI is InChI=1S/C16H27N3O/c1-5-7-19(8-9-20)16-11-14(12-17-6-2)10-15(18-16)13(3)4/h5,10-11,13,17,20H,1,6-9,12H2,2-4H3. The van der Waals surface area contributed by atoms with E-state index in [1.54, 1.807) is 0 Å². The molecule has 0 bridgehead atoms. The molecule has 1 heterocycles. The van der Waals surface area contributed by atoms with E-state index in [0.29, 0.717) is 19.0 Å². The van der Waals surface area contributed by atoms with Crippen molar-refractivity contribution in [3.8, 4) is 0 Å². The first-order valence-corrected chi connectivity index (χ1v) is 7.30. The quantitative estimate of drug-likeness (QED) is 0.680. The fraction of sp³-hybridized carbons (Fsp3) is 0.562. The van der Waals surface area contributed by atoms with Crippen LogP contribution in [0.1, 0.15) is 37.9 Å². The lowest BCUT2D eigenvalue weighted by Crippen LogP contribution is -2.28. The summed E-state index contributed by atoms with van der Waals surface area (Å²) in [4.78, 5) is 6.77. The van der Waals surface area contributed by atoms with Crippen LogP contribution in [0.2, 0.25) is 0 Å². The summed E-state index contributed by atoms with van der Waals surface area (Å²) in [5, 5.41) is 12.5. The van der Waals surface area contributed by atoms with Crippen LogP contribution in [0.5, 0.6) is 0 Å². The fourth-order valence-corrected chi connectivity index (χ4v) is 2.00. The van der Waals surface area contributed by atoms with Crippen molar-refractivity contribution in [2.45, 2.75) is 33.2 Å². The van der Waals surface area contributed by atoms with Gasteiger partial charge in [-0.25, -0.2) is 4.98 Å². The number of aliphatic hydroxyl groups excluding tert-OH is 1. The van der Waals surface area contributed by atoms with Crippen molar-refractivity contribution >= 4 is 5.82 Å². The van der Waals surface area contributed by atoms with Crippen LogP contribution in [0.3, 0.4) is 0 Å². The largest absolute Gasteiger partial charge is 0.395 e. The molecule has 4 heteroatoms. The molecule has 0 aliphatic rings. The molecule has 20 heavy (non-hydrogen) atoms. The van der Waals surface area contributed by atoms with Crippen molar-refractivity contribution in [2.24, 2.45) is 0 Å². The van der Waals surface area contributed by atoms with Crippen LogP contribution in [0, 0.1) is 0 Å². The zero-order valence-electron chi connectivity index (χ0n) is 12.9. The molecule has 0 unspecified atom stereocenters. The second-order valence-electron chi connectivity index (χ2n) is 5.15. The lowest BCUT2D eigenvalue weighted by atomic mass is 10.1. The summed E-state index contributed by atoms with van der Waals surface area (Å²) < 4.78 is 0. The average Bonchev–Trinajstić information content (AvgIpc) is 2.44. The minimum atomic E-state index is 0.115. The maximum absolute atomic E-state index is 9.20. The van der Waals surface area contributed by atoms with Crippen LogP contribution in [-0.2, 0) is 6.54 Å². The molecule has 1 aromatic heterocycles. The molecule has 4 nitrogen and oxygen atoms in total. The molecule has 0 radical (unpaired) electrons. The smallest absolute Gasteiger partial charge is 0.129 e. The van der Waals surface area contributed by atoms with Gasteiger partial charge in [0.15, 0.2) is 0 Å². The number of aromatic nitrogens is 1. The van der Waals surface area contributed by atoms with Gasteiger partial charge in [-0.05, 0) is 30.2 Å². The van der Waals surface area contributed by atoms with Crippen LogP contribution >= 0.6 is 0 Å². The summed E-state index contributed by atoms with van der Waals surface area (Å²) in [5.41, 5.74) is 2.31. The molecule has 0 spiro atoms. The van der Waals surface area contributed by atoms with Crippen LogP contribution in [0.15, 0.2) is 24.8 Å². The van der Waals surface area contributed by atoms with Crippen molar-refractivity contribution in [1.82, 2.24) is 10.3 Å². The molecule has 0 fully saturated rings. The van der Waals surface area contributed by atoms with E-state index in [9.17, 15) is 5.11 Å². The number of nitrogens with one attached hydrogen (secondary N) is 1. The average molecular weight is 277 g/mol. The number of anilines is 1. The summed E-state index contributed by atoms with van der Waals surface area (Å²) in [5.74, 6) is 1.30. The van der Waals surface area contributed by atoms with Gasteiger partial charge in [0.2, 0.25) is 0 Å². The predicted molar refractivity (Wildman–Crippen MR) is 85.2 cm³/mol. The first-order valence-electron chi connectivity index (χ1n) is 7.30. The van der Waals surface area contributed by atoms with Crippen molar-refractivity contribution in [3.05, 3.63) is 36.0 Å². The van der Waals surface area contributed by atoms with Gasteiger partial charge in [-0.15, -0.1) is 6.58 Å². The number of pyridine rings is 1. The van der Waals surface area contributed by atoms with E-state index in [1.165, 1.54) is 5.56 Å². The monoisotopic (exact) mass is 277 g/mol. The van der Waals surface area contributed by atoms with Crippen LogP contribution in [0.25, 0.3) is 0 Å². The molecular formula is C16H27N3O. The van der Waals surface area contributed by atoms with Gasteiger partial charge in [0, 0.05) is 25.3 Å². The highest BCUT2D eigenvalue weighted by Crippen LogP contribution is 2.20. The highest BCUT2D eigenvalue weighted by atomic mass is 16.3. The first-order chi connectivity index (χ1) is 9.62. The Morgan fingerprint density at radius 3 is 2.75 bits per heavy atom. The van der Waals surface area contributed by atoms with Crippen molar-refractivity contribution in [2.75, 3.05) is 31.1 Å². The Labute approximate surface area is 122 Å². The molecule has 2 N–H and O–H groups in total. The van der Waals surface area contributed by atoms with E-state index in [-0.39, 0.29) is 6.61 Å². The van der Waals surface area contributed by atoms with E-state index in [0.717, 1.165) is 24.6 Å². The molecule has 0 aliphatic carbocycles. The number of nitrogens with zero attached hydrogens (tertiary/aromatic N) is 2. The van der Waals surface area contributed by atoms with E-state index >= 15 is 0 Å². The summed E-state index contributed by atoms with van der Waals surface area (Å²) in [6, 6.07) is 4.25. The van der Waals surface area contributed by atoms with Gasteiger partial charge in [0.25, 0.3) is 0 Å². The van der Waals surface area contributed by atoms with Crippen molar-refractivity contribution < 1.29 is 5.11 Å². The number of aliphatic hydroxyl groups is 1. The third-order valence-corrected chi connectivity index (χ3v) is 3.11. The molecule has 0 saturated carbocycles. The number of rotatable bonds is 9. The van der Waals surface area contributed by atoms with Crippen LogP contribution in [-0.4, -0.2) is 36.3 Å². The molecule has 0 aromatic carbocycles. The maximum atomic E-state index is 9.20. The van der Waals surface area contributed by atoms with Crippen molar-refractivity contribution in [1.29, 1.82) is 0 Å². The zero-order valence-corrected chi connectivity index (χ0v) is 12.9. The Balaban J connectivity index is 3.07. The van der Waals surface area contributed by atoms with Gasteiger partial charge >= 0.3 is 0 Å². The minimum Gasteiger partial charge on any atom is -0.395 e. The predicted octanol–water partition coefficient (Wildman–Crippen LogP) is 2.30. The van der Waals surface area contributed by atoms with Gasteiger partial charge in [-0.1, -0.05) is 26.8 Å². The van der Waals surface area contributed by atoms with Gasteiger partial charge in [-0.2, -0.15) is 0 Å². The summed E-state index contributed by atoms with van der Waals surface area (Å²) in [6.07, 6.45) is 1.84. The van der Waals surface area contributed by atoms with Gasteiger partial charge in [0.05, 0.1) is 6.61 Å². The third-order valence-electron chi connectivity index (χ3n) is 3.11. The Morgan fingerprint density at radius 1 is 1.45 bits per heavy atom. The fourth-order valence-electron chi connectivity index (χ4n) is 2.00. The van der Waals surface area contributed by atoms with E-state index in [1.807, 2.05) is 11.0 Å². The molecule has 0 saturated heterocycles. The summed E-state index contributed by atoms with van der Waals surface area (Å²) >= 11 is 0. The van der Waals surface area contributed by atoms with Crippen LogP contribution in [0.4, 0.5) is 5.82 Å². The second-order valence-corrected chi connectivity index (χ2v) is 5.15. The molecule has 0 atom stereocenters. The lowest BCUT2D eigenvalue weighted by molar-refractivity contribution is 0.302. The zero-order chi connectivity index (χ0) is 15.0. The first kappa shape index (κ1) is 16.7. The Bertz CT molecular complexity index is 418. The van der Waals surface area contributed by atoms with Crippen LogP contribution < -0.4 is 10.2 Å². The Hall–Kier alpha value is -1.39. The summed E-state index contributed by atoms with van der Waals surface area (Å²) in [7, 11) is 0. The van der Waals surface area contributed by atoms with E-state index in [4.69, 9.17) is 4.98 Å². The topological polar surface area (TPSA) is 48.4 Å². The molecule has 1 aromatic rings. The van der Waals surface area contributed by atoms with E-state index < -0.39 is 0 Å². The number of hydrogen-bond donors (Lipinski definition) is 2. The van der Waals surface area contributed by atoms with Crippen molar-refractivity contribution in [3.63, 3.8) is 0 Å². The summed E-state index contributed by atoms with van der Waals surface area (Å²) in [6.45, 7) is 13.3. The molecule has 1 rings (SSSR count). The van der Waals surface area contributed by atoms with Gasteiger partial charge < -0.3 is 15.3 Å². The van der Waals surface area contributed by atoms with Gasteiger partial charge in [0.1, 0.15) is 5.82 Å². The van der Waals surface area contributed by atoms with E-state index in [2.05, 4.69) is 44.8 Å². The highest BCUT2D eigenvalue weighted by Gasteiger charge is 2.11. The Kier molecular flexibility index (Phi) is 7.26. The molecule has 112 valence electrons. The highest BCUT2D eigenvalue weighted by molar-refractivity contribution is 5.44. The normalized spacial score (nSPS) is 10.8. The SMILES string of the molecule is C=CCN(CCO)c1cc(CNCC)cc(C(C)C)n1. The van der Waals surface area contributed by atoms with Gasteiger partial charge in [-0.3, -0.25) is 0 Å². The lowest BCUT2D eigenvalue weighted by Gasteiger charge is -2.23. The Morgan fingerprint density at radius 2 is 2.20 bits per heavy atom. The molecular weight excluding hydrogens is 250 g/mol. The minimum absolute atomic E-state index is 0.115. The molecule has 0 aliphatic heterocycles. The molecule has 0 amide bonds. The maximum Gasteiger partial charge on any atom is 0.129 e. The second kappa shape index (κ2) is 8.72. The number of hydrogen-bond acceptors (Lipinski definition) is 4. The third kappa shape index (κ3) is 4.94.